The number of sulfonamides is 1. The highest BCUT2D eigenvalue weighted by Crippen LogP contribution is 2.28. The van der Waals surface area contributed by atoms with Crippen molar-refractivity contribution in [1.82, 2.24) is 9.71 Å². The molecule has 0 bridgehead atoms. The maximum atomic E-state index is 12.1. The molecule has 2 aromatic heterocycles. The molecule has 3 rings (SSSR count). The van der Waals surface area contributed by atoms with Crippen LogP contribution >= 0.6 is 22.7 Å². The van der Waals surface area contributed by atoms with Crippen molar-refractivity contribution >= 4 is 32.7 Å². The summed E-state index contributed by atoms with van der Waals surface area (Å²) in [5, 5.41) is 2.74. The van der Waals surface area contributed by atoms with Crippen molar-refractivity contribution in [2.24, 2.45) is 0 Å². The molecule has 1 aromatic carbocycles. The number of hydrogen-bond donors (Lipinski definition) is 1. The maximum Gasteiger partial charge on any atom is 0.250 e. The first-order chi connectivity index (χ1) is 11.5. The van der Waals surface area contributed by atoms with Gasteiger partial charge in [0.05, 0.1) is 5.69 Å². The monoisotopic (exact) mass is 378 g/mol. The number of thiazole rings is 1. The van der Waals surface area contributed by atoms with Crippen LogP contribution in [0.15, 0.2) is 46.0 Å². The van der Waals surface area contributed by atoms with E-state index in [9.17, 15) is 8.42 Å². The average molecular weight is 379 g/mol. The molecule has 24 heavy (non-hydrogen) atoms. The minimum atomic E-state index is -3.40. The standard InChI is InChI=1S/C17H18N2O2S3/c1-12-5-3-6-14(11-12)17-19-13(2)15(23-17)8-9-18-24(20,21)16-7-4-10-22-16/h3-7,10-11,18H,8-9H2,1-2H3. The predicted octanol–water partition coefficient (Wildman–Crippen LogP) is 4.01. The molecule has 7 heteroatoms. The van der Waals surface area contributed by atoms with E-state index in [0.29, 0.717) is 17.2 Å². The third-order valence-corrected chi connectivity index (χ3v) is 7.69. The van der Waals surface area contributed by atoms with Gasteiger partial charge < -0.3 is 0 Å². The summed E-state index contributed by atoms with van der Waals surface area (Å²) in [5.41, 5.74) is 3.27. The van der Waals surface area contributed by atoms with E-state index < -0.39 is 10.0 Å². The van der Waals surface area contributed by atoms with Gasteiger partial charge in [-0.25, -0.2) is 18.1 Å². The fourth-order valence-corrected chi connectivity index (χ4v) is 5.48. The Bertz CT molecular complexity index is 929. The summed E-state index contributed by atoms with van der Waals surface area (Å²) >= 11 is 2.85. The molecule has 0 amide bonds. The van der Waals surface area contributed by atoms with Crippen molar-refractivity contribution < 1.29 is 8.42 Å². The Morgan fingerprint density at radius 2 is 2.00 bits per heavy atom. The SMILES string of the molecule is Cc1cccc(-c2nc(C)c(CCNS(=O)(=O)c3cccs3)s2)c1. The van der Waals surface area contributed by atoms with Gasteiger partial charge in [-0.15, -0.1) is 22.7 Å². The lowest BCUT2D eigenvalue weighted by Crippen LogP contribution is -2.25. The van der Waals surface area contributed by atoms with Gasteiger partial charge in [0.1, 0.15) is 9.22 Å². The second kappa shape index (κ2) is 7.14. The molecular weight excluding hydrogens is 360 g/mol. The first-order valence-electron chi connectivity index (χ1n) is 7.52. The lowest BCUT2D eigenvalue weighted by Gasteiger charge is -2.03. The second-order valence-corrected chi connectivity index (χ2v) is 9.50. The molecule has 1 N–H and O–H groups in total. The topological polar surface area (TPSA) is 59.1 Å². The molecule has 126 valence electrons. The Labute approximate surface area is 150 Å². The van der Waals surface area contributed by atoms with Gasteiger partial charge in [0.25, 0.3) is 0 Å². The average Bonchev–Trinajstić information content (AvgIpc) is 3.18. The van der Waals surface area contributed by atoms with Crippen LogP contribution in [0.3, 0.4) is 0 Å². The van der Waals surface area contributed by atoms with Crippen LogP contribution in [0.1, 0.15) is 16.1 Å². The molecule has 0 aliphatic carbocycles. The number of nitrogens with one attached hydrogen (secondary N) is 1. The van der Waals surface area contributed by atoms with E-state index in [-0.39, 0.29) is 0 Å². The zero-order valence-corrected chi connectivity index (χ0v) is 15.9. The number of nitrogens with zero attached hydrogens (tertiary/aromatic N) is 1. The number of aromatic nitrogens is 1. The summed E-state index contributed by atoms with van der Waals surface area (Å²) in [6.45, 7) is 4.40. The highest BCUT2D eigenvalue weighted by atomic mass is 32.2. The first-order valence-corrected chi connectivity index (χ1v) is 10.7. The van der Waals surface area contributed by atoms with Crippen molar-refractivity contribution in [2.75, 3.05) is 6.54 Å². The van der Waals surface area contributed by atoms with Gasteiger partial charge in [0.2, 0.25) is 10.0 Å². The molecule has 3 aromatic rings. The van der Waals surface area contributed by atoms with Gasteiger partial charge in [-0.3, -0.25) is 0 Å². The van der Waals surface area contributed by atoms with Gasteiger partial charge in [0, 0.05) is 17.0 Å². The van der Waals surface area contributed by atoms with E-state index in [0.717, 1.165) is 21.1 Å². The van der Waals surface area contributed by atoms with Crippen LogP contribution in [-0.4, -0.2) is 19.9 Å². The molecule has 0 unspecified atom stereocenters. The molecule has 0 fully saturated rings. The quantitative estimate of drug-likeness (QED) is 0.705. The third-order valence-electron chi connectivity index (χ3n) is 3.56. The second-order valence-electron chi connectivity index (χ2n) is 5.48. The van der Waals surface area contributed by atoms with E-state index in [1.165, 1.54) is 16.9 Å². The molecule has 0 atom stereocenters. The number of thiophene rings is 1. The molecule has 0 aliphatic rings. The third kappa shape index (κ3) is 3.92. The molecule has 0 saturated heterocycles. The smallest absolute Gasteiger partial charge is 0.241 e. The number of rotatable bonds is 6. The van der Waals surface area contributed by atoms with Crippen LogP contribution in [0.25, 0.3) is 10.6 Å². The molecular formula is C17H18N2O2S3. The van der Waals surface area contributed by atoms with Crippen molar-refractivity contribution in [3.05, 3.63) is 57.9 Å². The lowest BCUT2D eigenvalue weighted by molar-refractivity contribution is 0.584. The fourth-order valence-electron chi connectivity index (χ4n) is 2.35. The predicted molar refractivity (Wildman–Crippen MR) is 100 cm³/mol. The molecule has 0 aliphatic heterocycles. The Hall–Kier alpha value is -1.54. The van der Waals surface area contributed by atoms with Gasteiger partial charge >= 0.3 is 0 Å². The number of aryl methyl sites for hydroxylation is 2. The van der Waals surface area contributed by atoms with Crippen LogP contribution in [-0.2, 0) is 16.4 Å². The summed E-state index contributed by atoms with van der Waals surface area (Å²) in [6.07, 6.45) is 0.639. The summed E-state index contributed by atoms with van der Waals surface area (Å²) in [5.74, 6) is 0. The van der Waals surface area contributed by atoms with Crippen LogP contribution in [0, 0.1) is 13.8 Å². The van der Waals surface area contributed by atoms with Gasteiger partial charge in [-0.2, -0.15) is 0 Å². The van der Waals surface area contributed by atoms with Crippen LogP contribution in [0.5, 0.6) is 0 Å². The van der Waals surface area contributed by atoms with E-state index in [1.54, 1.807) is 28.8 Å². The highest BCUT2D eigenvalue weighted by molar-refractivity contribution is 7.91. The Morgan fingerprint density at radius 1 is 1.17 bits per heavy atom. The van der Waals surface area contributed by atoms with Crippen LogP contribution in [0.2, 0.25) is 0 Å². The van der Waals surface area contributed by atoms with Gasteiger partial charge in [-0.05, 0) is 37.8 Å². The van der Waals surface area contributed by atoms with E-state index in [2.05, 4.69) is 34.8 Å². The molecule has 2 heterocycles. The van der Waals surface area contributed by atoms with E-state index >= 15 is 0 Å². The minimum Gasteiger partial charge on any atom is -0.241 e. The fraction of sp³-hybridized carbons (Fsp3) is 0.235. The highest BCUT2D eigenvalue weighted by Gasteiger charge is 2.15. The largest absolute Gasteiger partial charge is 0.250 e. The lowest BCUT2D eigenvalue weighted by atomic mass is 10.1. The zero-order valence-electron chi connectivity index (χ0n) is 13.4. The molecule has 0 radical (unpaired) electrons. The Kier molecular flexibility index (Phi) is 5.15. The van der Waals surface area contributed by atoms with Crippen molar-refractivity contribution in [2.45, 2.75) is 24.5 Å². The molecule has 0 spiro atoms. The van der Waals surface area contributed by atoms with Gasteiger partial charge in [-0.1, -0.05) is 29.8 Å². The summed E-state index contributed by atoms with van der Waals surface area (Å²) in [4.78, 5) is 5.74. The van der Waals surface area contributed by atoms with Crippen LogP contribution in [0.4, 0.5) is 0 Å². The maximum absolute atomic E-state index is 12.1. The van der Waals surface area contributed by atoms with E-state index in [1.807, 2.05) is 13.0 Å². The number of benzene rings is 1. The molecule has 0 saturated carbocycles. The van der Waals surface area contributed by atoms with Crippen molar-refractivity contribution in [3.63, 3.8) is 0 Å². The number of hydrogen-bond acceptors (Lipinski definition) is 5. The van der Waals surface area contributed by atoms with Crippen LogP contribution < -0.4 is 4.72 Å². The van der Waals surface area contributed by atoms with Crippen molar-refractivity contribution in [1.29, 1.82) is 0 Å². The summed E-state index contributed by atoms with van der Waals surface area (Å²) < 4.78 is 27.2. The molecule has 4 nitrogen and oxygen atoms in total. The Morgan fingerprint density at radius 3 is 2.71 bits per heavy atom. The van der Waals surface area contributed by atoms with Gasteiger partial charge in [0.15, 0.2) is 0 Å². The zero-order chi connectivity index (χ0) is 17.2. The summed E-state index contributed by atoms with van der Waals surface area (Å²) in [6, 6.07) is 11.6. The van der Waals surface area contributed by atoms with E-state index in [4.69, 9.17) is 0 Å². The minimum absolute atomic E-state index is 0.351. The summed E-state index contributed by atoms with van der Waals surface area (Å²) in [7, 11) is -3.40. The Balaban J connectivity index is 1.68. The first kappa shape index (κ1) is 17.3. The van der Waals surface area contributed by atoms with Crippen molar-refractivity contribution in [3.8, 4) is 10.6 Å². The normalized spacial score (nSPS) is 11.8.